The highest BCUT2D eigenvalue weighted by Gasteiger charge is 2.20. The molecule has 0 amide bonds. The Kier molecular flexibility index (Phi) is 5.38. The second-order valence-corrected chi connectivity index (χ2v) is 7.97. The van der Waals surface area contributed by atoms with Crippen LogP contribution in [-0.2, 0) is 13.1 Å². The van der Waals surface area contributed by atoms with Crippen molar-refractivity contribution in [2.75, 3.05) is 5.32 Å². The Morgan fingerprint density at radius 2 is 1.47 bits per heavy atom. The van der Waals surface area contributed by atoms with Crippen LogP contribution in [0.25, 0.3) is 16.8 Å². The van der Waals surface area contributed by atoms with Crippen LogP contribution in [-0.4, -0.2) is 14.6 Å². The molecule has 5 rings (SSSR count). The molecule has 0 radical (unpaired) electrons. The standard InChI is InChI=1S/C27H26N5/c1-20-24(18-22-12-6-3-7-13-22)26(28-19-31-16-10-5-11-17-31)32-27(29-20)25(21(2)30-32)23-14-8-4-9-15-23/h3-17,28H,18-19H2,1-2H3/q+1. The fraction of sp³-hybridized carbons (Fsp3) is 0.148. The van der Waals surface area contributed by atoms with Crippen molar-refractivity contribution in [1.29, 1.82) is 0 Å². The van der Waals surface area contributed by atoms with E-state index in [4.69, 9.17) is 10.1 Å². The highest BCUT2D eigenvalue weighted by molar-refractivity contribution is 5.81. The first-order valence-electron chi connectivity index (χ1n) is 10.9. The Morgan fingerprint density at radius 1 is 0.812 bits per heavy atom. The van der Waals surface area contributed by atoms with Crippen LogP contribution in [0, 0.1) is 13.8 Å². The molecule has 0 bridgehead atoms. The van der Waals surface area contributed by atoms with E-state index >= 15 is 0 Å². The fourth-order valence-electron chi connectivity index (χ4n) is 4.14. The molecular weight excluding hydrogens is 394 g/mol. The topological polar surface area (TPSA) is 46.1 Å². The average molecular weight is 421 g/mol. The van der Waals surface area contributed by atoms with Gasteiger partial charge in [0, 0.05) is 35.4 Å². The van der Waals surface area contributed by atoms with Crippen LogP contribution in [0.2, 0.25) is 0 Å². The minimum absolute atomic E-state index is 0.640. The Hall–Kier alpha value is -3.99. The number of fused-ring (bicyclic) bond motifs is 1. The van der Waals surface area contributed by atoms with E-state index in [1.165, 1.54) is 5.56 Å². The second kappa shape index (κ2) is 8.63. The normalized spacial score (nSPS) is 11.1. The molecule has 0 fully saturated rings. The Labute approximate surface area is 188 Å². The van der Waals surface area contributed by atoms with Crippen molar-refractivity contribution >= 4 is 11.5 Å². The largest absolute Gasteiger partial charge is 0.315 e. The van der Waals surface area contributed by atoms with Crippen LogP contribution in [0.5, 0.6) is 0 Å². The fourth-order valence-corrected chi connectivity index (χ4v) is 4.14. The highest BCUT2D eigenvalue weighted by Crippen LogP contribution is 2.31. The van der Waals surface area contributed by atoms with E-state index in [0.29, 0.717) is 6.67 Å². The van der Waals surface area contributed by atoms with Gasteiger partial charge >= 0.3 is 0 Å². The number of rotatable bonds is 6. The van der Waals surface area contributed by atoms with Crippen molar-refractivity contribution < 1.29 is 4.57 Å². The minimum Gasteiger partial charge on any atom is -0.315 e. The van der Waals surface area contributed by atoms with Gasteiger partial charge in [-0.15, -0.1) is 0 Å². The van der Waals surface area contributed by atoms with Crippen molar-refractivity contribution in [1.82, 2.24) is 14.6 Å². The molecule has 0 saturated carbocycles. The zero-order valence-electron chi connectivity index (χ0n) is 18.4. The molecule has 0 unspecified atom stereocenters. The van der Waals surface area contributed by atoms with Crippen LogP contribution < -0.4 is 9.88 Å². The quantitative estimate of drug-likeness (QED) is 0.395. The van der Waals surface area contributed by atoms with Gasteiger partial charge in [-0.05, 0) is 25.0 Å². The van der Waals surface area contributed by atoms with Gasteiger partial charge in [0.2, 0.25) is 6.67 Å². The van der Waals surface area contributed by atoms with Crippen molar-refractivity contribution in [2.45, 2.75) is 26.9 Å². The van der Waals surface area contributed by atoms with E-state index in [9.17, 15) is 0 Å². The van der Waals surface area contributed by atoms with Gasteiger partial charge < -0.3 is 5.32 Å². The minimum atomic E-state index is 0.640. The van der Waals surface area contributed by atoms with Gasteiger partial charge in [-0.1, -0.05) is 66.7 Å². The molecule has 0 aliphatic carbocycles. The maximum atomic E-state index is 5.04. The SMILES string of the molecule is Cc1nc2c(-c3ccccc3)c(C)nn2c(NC[n+]2ccccc2)c1Cc1ccccc1. The van der Waals surface area contributed by atoms with E-state index in [1.54, 1.807) is 0 Å². The smallest absolute Gasteiger partial charge is 0.222 e. The van der Waals surface area contributed by atoms with Gasteiger partial charge in [-0.3, -0.25) is 0 Å². The molecular formula is C27H26N5+. The molecule has 0 saturated heterocycles. The van der Waals surface area contributed by atoms with Crippen LogP contribution in [0.4, 0.5) is 5.82 Å². The summed E-state index contributed by atoms with van der Waals surface area (Å²) in [4.78, 5) is 5.04. The summed E-state index contributed by atoms with van der Waals surface area (Å²) in [5.74, 6) is 0.984. The van der Waals surface area contributed by atoms with Crippen molar-refractivity contribution in [2.24, 2.45) is 0 Å². The summed E-state index contributed by atoms with van der Waals surface area (Å²) in [6.45, 7) is 4.79. The van der Waals surface area contributed by atoms with Crippen LogP contribution in [0.15, 0.2) is 91.3 Å². The third-order valence-corrected chi connectivity index (χ3v) is 5.74. The maximum absolute atomic E-state index is 5.04. The summed E-state index contributed by atoms with van der Waals surface area (Å²) in [5, 5.41) is 8.58. The highest BCUT2D eigenvalue weighted by atomic mass is 15.3. The van der Waals surface area contributed by atoms with Crippen molar-refractivity contribution in [3.63, 3.8) is 0 Å². The van der Waals surface area contributed by atoms with Crippen LogP contribution in [0.1, 0.15) is 22.5 Å². The summed E-state index contributed by atoms with van der Waals surface area (Å²) in [5.41, 5.74) is 7.47. The molecule has 3 heterocycles. The first kappa shape index (κ1) is 19.9. The number of aromatic nitrogens is 4. The van der Waals surface area contributed by atoms with Crippen LogP contribution in [0.3, 0.4) is 0 Å². The number of hydrogen-bond donors (Lipinski definition) is 1. The summed E-state index contributed by atoms with van der Waals surface area (Å²) < 4.78 is 4.09. The summed E-state index contributed by atoms with van der Waals surface area (Å²) in [6.07, 6.45) is 4.90. The number of pyridine rings is 1. The first-order chi connectivity index (χ1) is 15.7. The van der Waals surface area contributed by atoms with E-state index in [0.717, 1.165) is 46.0 Å². The number of hydrogen-bond acceptors (Lipinski definition) is 3. The van der Waals surface area contributed by atoms with Crippen molar-refractivity contribution in [3.8, 4) is 11.1 Å². The maximum Gasteiger partial charge on any atom is 0.222 e. The van der Waals surface area contributed by atoms with E-state index in [1.807, 2.05) is 34.8 Å². The lowest BCUT2D eigenvalue weighted by Gasteiger charge is -2.15. The average Bonchev–Trinajstić information content (AvgIpc) is 3.16. The van der Waals surface area contributed by atoms with Gasteiger partial charge in [-0.25, -0.2) is 4.98 Å². The van der Waals surface area contributed by atoms with E-state index in [2.05, 4.69) is 84.7 Å². The number of nitrogens with zero attached hydrogens (tertiary/aromatic N) is 4. The second-order valence-electron chi connectivity index (χ2n) is 7.97. The molecule has 0 spiro atoms. The van der Waals surface area contributed by atoms with Gasteiger partial charge in [0.1, 0.15) is 5.82 Å². The van der Waals surface area contributed by atoms with E-state index in [-0.39, 0.29) is 0 Å². The van der Waals surface area contributed by atoms with E-state index < -0.39 is 0 Å². The predicted molar refractivity (Wildman–Crippen MR) is 127 cm³/mol. The third kappa shape index (κ3) is 3.85. The van der Waals surface area contributed by atoms with Gasteiger partial charge in [0.05, 0.1) is 5.69 Å². The molecule has 32 heavy (non-hydrogen) atoms. The number of anilines is 1. The monoisotopic (exact) mass is 420 g/mol. The molecule has 5 aromatic rings. The Bertz CT molecular complexity index is 1340. The summed E-state index contributed by atoms with van der Waals surface area (Å²) in [7, 11) is 0. The molecule has 0 aliphatic rings. The molecule has 5 nitrogen and oxygen atoms in total. The third-order valence-electron chi connectivity index (χ3n) is 5.74. The molecule has 5 heteroatoms. The predicted octanol–water partition coefficient (Wildman–Crippen LogP) is 4.96. The summed E-state index contributed by atoms with van der Waals surface area (Å²) >= 11 is 0. The lowest BCUT2D eigenvalue weighted by molar-refractivity contribution is -0.691. The van der Waals surface area contributed by atoms with Gasteiger partial charge in [-0.2, -0.15) is 14.2 Å². The van der Waals surface area contributed by atoms with Crippen molar-refractivity contribution in [3.05, 3.63) is 114 Å². The first-order valence-corrected chi connectivity index (χ1v) is 10.9. The molecule has 0 aliphatic heterocycles. The molecule has 158 valence electrons. The molecule has 3 aromatic heterocycles. The summed E-state index contributed by atoms with van der Waals surface area (Å²) in [6, 6.07) is 27.0. The van der Waals surface area contributed by atoms with Gasteiger partial charge in [0.15, 0.2) is 18.0 Å². The zero-order chi connectivity index (χ0) is 21.9. The number of nitrogens with one attached hydrogen (secondary N) is 1. The molecule has 1 N–H and O–H groups in total. The lowest BCUT2D eigenvalue weighted by atomic mass is 10.0. The zero-order valence-corrected chi connectivity index (χ0v) is 18.4. The molecule has 0 atom stereocenters. The number of aryl methyl sites for hydroxylation is 2. The number of benzene rings is 2. The van der Waals surface area contributed by atoms with Crippen LogP contribution >= 0.6 is 0 Å². The molecule has 2 aromatic carbocycles. The lowest BCUT2D eigenvalue weighted by Crippen LogP contribution is -2.37. The Balaban J connectivity index is 1.67. The van der Waals surface area contributed by atoms with Gasteiger partial charge in [0.25, 0.3) is 0 Å². The Morgan fingerprint density at radius 3 is 2.19 bits per heavy atom.